The van der Waals surface area contributed by atoms with Crippen LogP contribution in [0, 0.1) is 0 Å². The summed E-state index contributed by atoms with van der Waals surface area (Å²) < 4.78 is 0. The van der Waals surface area contributed by atoms with E-state index in [1.54, 1.807) is 0 Å². The number of hydrogen-bond donors (Lipinski definition) is 0. The molecule has 228 valence electrons. The van der Waals surface area contributed by atoms with Gasteiger partial charge in [-0.15, -0.1) is 33.2 Å². The first-order valence-electron chi connectivity index (χ1n) is 16.8. The Labute approximate surface area is 254 Å². The van der Waals surface area contributed by atoms with E-state index in [0.717, 1.165) is 0 Å². The molecule has 0 aliphatic carbocycles. The molecule has 1 unspecified atom stereocenters. The fourth-order valence-corrected chi connectivity index (χ4v) is 3.57. The highest BCUT2D eigenvalue weighted by Gasteiger charge is 1.89. The number of unbranched alkanes of at least 4 members (excludes halogenated alkanes) is 19. The van der Waals surface area contributed by atoms with Crippen molar-refractivity contribution in [3.8, 4) is 0 Å². The third-order valence-electron chi connectivity index (χ3n) is 5.89. The fourth-order valence-electron chi connectivity index (χ4n) is 3.28. The summed E-state index contributed by atoms with van der Waals surface area (Å²) in [6.07, 6.45) is 34.9. The smallest absolute Gasteiger partial charge is 0.0381 e. The van der Waals surface area contributed by atoms with Gasteiger partial charge in [0.1, 0.15) is 0 Å². The Bertz CT molecular complexity index is 189. The molecule has 0 bridgehead atoms. The standard InChI is InChI=1S/C10H23P.4C6H14.HI/c1-2-3-4-5-6-7-8-9-10-11;4*1-3-5-6-4-2;/h2-11H2,1H3;4*3-6H2,1-2H3;1H. The van der Waals surface area contributed by atoms with Gasteiger partial charge < -0.3 is 0 Å². The molecular formula is C34H80IP. The second kappa shape index (κ2) is 65.3. The third-order valence-corrected chi connectivity index (χ3v) is 6.29. The molecule has 0 spiro atoms. The normalized spacial score (nSPS) is 9.17. The highest BCUT2D eigenvalue weighted by atomic mass is 127. The van der Waals surface area contributed by atoms with Crippen molar-refractivity contribution in [2.75, 3.05) is 6.16 Å². The number of halogens is 1. The quantitative estimate of drug-likeness (QED) is 0.0701. The molecule has 1 atom stereocenters. The van der Waals surface area contributed by atoms with Crippen LogP contribution in [0.2, 0.25) is 0 Å². The predicted molar refractivity (Wildman–Crippen MR) is 192 cm³/mol. The van der Waals surface area contributed by atoms with Gasteiger partial charge >= 0.3 is 0 Å². The molecule has 2 heteroatoms. The van der Waals surface area contributed by atoms with Gasteiger partial charge in [-0.05, 0) is 12.6 Å². The SMILES string of the molecule is CCCCCC.CCCCCC.CCCCCC.CCCCCC.CCCCCCCCCCP.I. The molecule has 0 saturated carbocycles. The maximum atomic E-state index is 2.79. The van der Waals surface area contributed by atoms with E-state index < -0.39 is 0 Å². The average Bonchev–Trinajstić information content (AvgIpc) is 2.89. The molecular weight excluding hydrogens is 566 g/mol. The Morgan fingerprint density at radius 2 is 0.389 bits per heavy atom. The number of hydrogen-bond acceptors (Lipinski definition) is 0. The Balaban J connectivity index is -0.0000000800. The van der Waals surface area contributed by atoms with E-state index >= 15 is 0 Å². The molecule has 0 N–H and O–H groups in total. The van der Waals surface area contributed by atoms with Crippen molar-refractivity contribution in [2.24, 2.45) is 0 Å². The lowest BCUT2D eigenvalue weighted by Gasteiger charge is -1.98. The summed E-state index contributed by atoms with van der Waals surface area (Å²) in [5.74, 6) is 0. The van der Waals surface area contributed by atoms with E-state index in [-0.39, 0.29) is 24.0 Å². The minimum absolute atomic E-state index is 0. The lowest BCUT2D eigenvalue weighted by Crippen LogP contribution is -1.80. The van der Waals surface area contributed by atoms with E-state index in [2.05, 4.69) is 71.6 Å². The van der Waals surface area contributed by atoms with Crippen LogP contribution in [0.15, 0.2) is 0 Å². The highest BCUT2D eigenvalue weighted by molar-refractivity contribution is 14.0. The van der Waals surface area contributed by atoms with Crippen LogP contribution in [0.25, 0.3) is 0 Å². The first kappa shape index (κ1) is 50.0. The zero-order valence-corrected chi connectivity index (χ0v) is 31.1. The first-order chi connectivity index (χ1) is 17.1. The van der Waals surface area contributed by atoms with Gasteiger partial charge in [0.15, 0.2) is 0 Å². The minimum Gasteiger partial charge on any atom is -0.138 e. The molecule has 0 aliphatic heterocycles. The van der Waals surface area contributed by atoms with Crippen molar-refractivity contribution in [1.82, 2.24) is 0 Å². The predicted octanol–water partition coefficient (Wildman–Crippen LogP) is 15.0. The Kier molecular flexibility index (Phi) is 90.8. The molecule has 0 aliphatic rings. The Hall–Kier alpha value is 1.16. The first-order valence-corrected chi connectivity index (χ1v) is 17.6. The van der Waals surface area contributed by atoms with Crippen molar-refractivity contribution < 1.29 is 0 Å². The van der Waals surface area contributed by atoms with E-state index in [4.69, 9.17) is 0 Å². The van der Waals surface area contributed by atoms with E-state index in [9.17, 15) is 0 Å². The maximum absolute atomic E-state index is 2.79. The van der Waals surface area contributed by atoms with Gasteiger partial charge in [-0.25, -0.2) is 0 Å². The molecule has 0 heterocycles. The van der Waals surface area contributed by atoms with Gasteiger partial charge in [-0.2, -0.15) is 0 Å². The molecule has 0 nitrogen and oxygen atoms in total. The van der Waals surface area contributed by atoms with Crippen LogP contribution in [0.4, 0.5) is 0 Å². The molecule has 0 aromatic carbocycles. The van der Waals surface area contributed by atoms with Gasteiger partial charge in [0.25, 0.3) is 0 Å². The average molecular weight is 647 g/mol. The van der Waals surface area contributed by atoms with Crippen LogP contribution in [0.1, 0.15) is 216 Å². The third kappa shape index (κ3) is 91.6. The largest absolute Gasteiger partial charge is 0.138 e. The van der Waals surface area contributed by atoms with Crippen LogP contribution >= 0.6 is 33.2 Å². The summed E-state index contributed by atoms with van der Waals surface area (Å²) >= 11 is 0. The van der Waals surface area contributed by atoms with Crippen LogP contribution in [-0.4, -0.2) is 6.16 Å². The van der Waals surface area contributed by atoms with E-state index in [1.807, 2.05) is 0 Å². The Morgan fingerprint density at radius 3 is 0.556 bits per heavy atom. The van der Waals surface area contributed by atoms with Crippen molar-refractivity contribution in [3.63, 3.8) is 0 Å². The summed E-state index contributed by atoms with van der Waals surface area (Å²) in [6.45, 7) is 20.1. The van der Waals surface area contributed by atoms with E-state index in [1.165, 1.54) is 160 Å². The molecule has 0 aromatic rings. The molecule has 36 heavy (non-hydrogen) atoms. The van der Waals surface area contributed by atoms with Gasteiger partial charge in [0, 0.05) is 0 Å². The Morgan fingerprint density at radius 1 is 0.250 bits per heavy atom. The van der Waals surface area contributed by atoms with Crippen LogP contribution in [-0.2, 0) is 0 Å². The van der Waals surface area contributed by atoms with Crippen molar-refractivity contribution in [3.05, 3.63) is 0 Å². The monoisotopic (exact) mass is 647 g/mol. The molecule has 0 aromatic heterocycles. The molecule has 0 fully saturated rings. The van der Waals surface area contributed by atoms with Crippen LogP contribution in [0.3, 0.4) is 0 Å². The van der Waals surface area contributed by atoms with Crippen molar-refractivity contribution >= 4 is 33.2 Å². The van der Waals surface area contributed by atoms with Gasteiger partial charge in [0.05, 0.1) is 0 Å². The van der Waals surface area contributed by atoms with Gasteiger partial charge in [0.2, 0.25) is 0 Å². The fraction of sp³-hybridized carbons (Fsp3) is 1.00. The second-order valence-corrected chi connectivity index (χ2v) is 10.7. The molecule has 0 amide bonds. The van der Waals surface area contributed by atoms with Crippen molar-refractivity contribution in [1.29, 1.82) is 0 Å². The summed E-state index contributed by atoms with van der Waals surface area (Å²) in [7, 11) is 2.79. The lowest BCUT2D eigenvalue weighted by atomic mass is 10.1. The number of rotatable bonds is 20. The molecule has 0 radical (unpaired) electrons. The summed E-state index contributed by atoms with van der Waals surface area (Å²) in [4.78, 5) is 0. The summed E-state index contributed by atoms with van der Waals surface area (Å²) in [6, 6.07) is 0. The molecule has 0 saturated heterocycles. The summed E-state index contributed by atoms with van der Waals surface area (Å²) in [5, 5.41) is 0. The topological polar surface area (TPSA) is 0 Å². The lowest BCUT2D eigenvalue weighted by molar-refractivity contribution is 0.586. The summed E-state index contributed by atoms with van der Waals surface area (Å²) in [5.41, 5.74) is 0. The second-order valence-electron chi connectivity index (χ2n) is 10.1. The van der Waals surface area contributed by atoms with Gasteiger partial charge in [-0.3, -0.25) is 0 Å². The zero-order valence-electron chi connectivity index (χ0n) is 27.7. The van der Waals surface area contributed by atoms with Crippen LogP contribution in [0.5, 0.6) is 0 Å². The maximum Gasteiger partial charge on any atom is -0.0381 e. The highest BCUT2D eigenvalue weighted by Crippen LogP contribution is 2.08. The zero-order chi connectivity index (χ0) is 27.7. The minimum atomic E-state index is 0. The van der Waals surface area contributed by atoms with Crippen molar-refractivity contribution in [2.45, 2.75) is 216 Å². The molecule has 0 rings (SSSR count). The van der Waals surface area contributed by atoms with Gasteiger partial charge in [-0.1, -0.05) is 210 Å². The van der Waals surface area contributed by atoms with Crippen LogP contribution < -0.4 is 0 Å². The van der Waals surface area contributed by atoms with E-state index in [0.29, 0.717) is 0 Å².